The third-order valence-electron chi connectivity index (χ3n) is 3.78. The minimum atomic E-state index is 0.160. The summed E-state index contributed by atoms with van der Waals surface area (Å²) in [4.78, 5) is 15.7. The van der Waals surface area contributed by atoms with Gasteiger partial charge in [-0.15, -0.1) is 0 Å². The fraction of sp³-hybridized carbons (Fsp3) is 0.375. The number of para-hydroxylation sites is 1. The summed E-state index contributed by atoms with van der Waals surface area (Å²) in [5.41, 5.74) is 3.35. The highest BCUT2D eigenvalue weighted by Gasteiger charge is 2.17. The predicted octanol–water partition coefficient (Wildman–Crippen LogP) is 1.91. The first-order chi connectivity index (χ1) is 9.72. The first kappa shape index (κ1) is 13.1. The van der Waals surface area contributed by atoms with Crippen LogP contribution in [0.15, 0.2) is 30.3 Å². The average Bonchev–Trinajstić information content (AvgIpc) is 2.46. The van der Waals surface area contributed by atoms with Gasteiger partial charge in [0.1, 0.15) is 0 Å². The van der Waals surface area contributed by atoms with Gasteiger partial charge in [0.2, 0.25) is 5.91 Å². The van der Waals surface area contributed by atoms with Crippen LogP contribution in [0.5, 0.6) is 0 Å². The minimum Gasteiger partial charge on any atom is -0.355 e. The molecule has 1 unspecified atom stereocenters. The van der Waals surface area contributed by atoms with E-state index in [9.17, 15) is 4.79 Å². The van der Waals surface area contributed by atoms with E-state index in [0.717, 1.165) is 30.7 Å². The third-order valence-corrected chi connectivity index (χ3v) is 3.78. The molecule has 2 heterocycles. The summed E-state index contributed by atoms with van der Waals surface area (Å²) >= 11 is 0. The first-order valence-electron chi connectivity index (χ1n) is 7.08. The zero-order chi connectivity index (χ0) is 13.9. The van der Waals surface area contributed by atoms with Crippen LogP contribution in [0.4, 0.5) is 0 Å². The molecule has 4 nitrogen and oxygen atoms in total. The molecule has 1 fully saturated rings. The van der Waals surface area contributed by atoms with Crippen molar-refractivity contribution < 1.29 is 4.79 Å². The molecule has 0 radical (unpaired) electrons. The zero-order valence-electron chi connectivity index (χ0n) is 11.6. The van der Waals surface area contributed by atoms with E-state index in [1.165, 1.54) is 10.9 Å². The van der Waals surface area contributed by atoms with E-state index in [0.29, 0.717) is 12.5 Å². The van der Waals surface area contributed by atoms with Crippen LogP contribution in [0, 0.1) is 6.92 Å². The van der Waals surface area contributed by atoms with E-state index in [1.54, 1.807) is 0 Å². The monoisotopic (exact) mass is 269 g/mol. The molecule has 20 heavy (non-hydrogen) atoms. The molecule has 3 rings (SSSR count). The fourth-order valence-electron chi connectivity index (χ4n) is 2.70. The molecule has 4 heteroatoms. The van der Waals surface area contributed by atoms with E-state index in [4.69, 9.17) is 0 Å². The number of amides is 1. The Morgan fingerprint density at radius 3 is 3.05 bits per heavy atom. The summed E-state index contributed by atoms with van der Waals surface area (Å²) in [6, 6.07) is 10.7. The highest BCUT2D eigenvalue weighted by atomic mass is 16.1. The molecule has 1 saturated heterocycles. The lowest BCUT2D eigenvalue weighted by atomic mass is 10.0. The predicted molar refractivity (Wildman–Crippen MR) is 79.4 cm³/mol. The number of pyridine rings is 1. The molecule has 1 amide bonds. The van der Waals surface area contributed by atoms with E-state index < -0.39 is 0 Å². The van der Waals surface area contributed by atoms with E-state index in [2.05, 4.69) is 27.8 Å². The molecule has 1 aliphatic rings. The van der Waals surface area contributed by atoms with Crippen molar-refractivity contribution in [2.24, 2.45) is 0 Å². The van der Waals surface area contributed by atoms with Crippen LogP contribution >= 0.6 is 0 Å². The van der Waals surface area contributed by atoms with E-state index >= 15 is 0 Å². The lowest BCUT2D eigenvalue weighted by molar-refractivity contribution is -0.122. The molecule has 0 aliphatic carbocycles. The van der Waals surface area contributed by atoms with E-state index in [-0.39, 0.29) is 5.91 Å². The first-order valence-corrected chi connectivity index (χ1v) is 7.08. The average molecular weight is 269 g/mol. The summed E-state index contributed by atoms with van der Waals surface area (Å²) in [7, 11) is 0. The van der Waals surface area contributed by atoms with Crippen molar-refractivity contribution in [3.63, 3.8) is 0 Å². The maximum absolute atomic E-state index is 11.2. The Morgan fingerprint density at radius 2 is 2.25 bits per heavy atom. The number of benzene rings is 1. The smallest absolute Gasteiger partial charge is 0.220 e. The number of carbonyl (C=O) groups is 1. The largest absolute Gasteiger partial charge is 0.355 e. The Bertz CT molecular complexity index is 629. The van der Waals surface area contributed by atoms with Gasteiger partial charge in [0.05, 0.1) is 5.52 Å². The number of fused-ring (bicyclic) bond motifs is 1. The maximum Gasteiger partial charge on any atom is 0.220 e. The Kier molecular flexibility index (Phi) is 3.65. The van der Waals surface area contributed by atoms with Gasteiger partial charge in [-0.1, -0.05) is 18.2 Å². The number of aryl methyl sites for hydroxylation is 1. The molecule has 0 spiro atoms. The molecular weight excluding hydrogens is 250 g/mol. The van der Waals surface area contributed by atoms with Crippen LogP contribution in [0.3, 0.4) is 0 Å². The second kappa shape index (κ2) is 5.59. The Hall–Kier alpha value is -1.94. The van der Waals surface area contributed by atoms with Gasteiger partial charge < -0.3 is 10.6 Å². The molecule has 104 valence electrons. The molecule has 1 aliphatic heterocycles. The zero-order valence-corrected chi connectivity index (χ0v) is 11.6. The summed E-state index contributed by atoms with van der Waals surface area (Å²) in [5, 5.41) is 7.64. The van der Waals surface area contributed by atoms with Crippen LogP contribution in [0.1, 0.15) is 24.1 Å². The topological polar surface area (TPSA) is 54.0 Å². The number of nitrogens with one attached hydrogen (secondary N) is 2. The summed E-state index contributed by atoms with van der Waals surface area (Å²) in [6.07, 6.45) is 1.53. The highest BCUT2D eigenvalue weighted by molar-refractivity contribution is 5.82. The Balaban J connectivity index is 1.75. The standard InChI is InChI=1S/C16H19N3O/c1-11-8-12(14-4-2-3-5-15(14)19-11)9-17-13-6-7-16(20)18-10-13/h2-5,8,13,17H,6-7,9-10H2,1H3,(H,18,20). The molecule has 1 atom stereocenters. The number of hydrogen-bond donors (Lipinski definition) is 2. The van der Waals surface area contributed by atoms with Crippen LogP contribution in [-0.4, -0.2) is 23.5 Å². The Labute approximate surface area is 118 Å². The lowest BCUT2D eigenvalue weighted by Gasteiger charge is -2.24. The SMILES string of the molecule is Cc1cc(CNC2CCC(=O)NC2)c2ccccc2n1. The number of piperidine rings is 1. The van der Waals surface area contributed by atoms with Crippen molar-refractivity contribution in [1.82, 2.24) is 15.6 Å². The summed E-state index contributed by atoms with van der Waals surface area (Å²) < 4.78 is 0. The molecule has 2 aromatic rings. The number of rotatable bonds is 3. The number of hydrogen-bond acceptors (Lipinski definition) is 3. The van der Waals surface area contributed by atoms with Gasteiger partial charge in [-0.3, -0.25) is 9.78 Å². The lowest BCUT2D eigenvalue weighted by Crippen LogP contribution is -2.45. The second-order valence-electron chi connectivity index (χ2n) is 5.36. The molecule has 2 N–H and O–H groups in total. The van der Waals surface area contributed by atoms with Crippen molar-refractivity contribution in [2.45, 2.75) is 32.4 Å². The van der Waals surface area contributed by atoms with Gasteiger partial charge in [0, 0.05) is 36.6 Å². The number of carbonyl (C=O) groups excluding carboxylic acids is 1. The molecule has 1 aromatic carbocycles. The van der Waals surface area contributed by atoms with Crippen LogP contribution < -0.4 is 10.6 Å². The second-order valence-corrected chi connectivity index (χ2v) is 5.36. The third kappa shape index (κ3) is 2.80. The van der Waals surface area contributed by atoms with Crippen LogP contribution in [0.25, 0.3) is 10.9 Å². The van der Waals surface area contributed by atoms with Crippen molar-refractivity contribution in [1.29, 1.82) is 0 Å². The molecule has 1 aromatic heterocycles. The highest BCUT2D eigenvalue weighted by Crippen LogP contribution is 2.18. The van der Waals surface area contributed by atoms with Crippen molar-refractivity contribution in [3.05, 3.63) is 41.6 Å². The maximum atomic E-state index is 11.2. The van der Waals surface area contributed by atoms with E-state index in [1.807, 2.05) is 25.1 Å². The fourth-order valence-corrected chi connectivity index (χ4v) is 2.70. The van der Waals surface area contributed by atoms with Crippen LogP contribution in [-0.2, 0) is 11.3 Å². The van der Waals surface area contributed by atoms with Crippen molar-refractivity contribution >= 4 is 16.8 Å². The van der Waals surface area contributed by atoms with Gasteiger partial charge >= 0.3 is 0 Å². The normalized spacial score (nSPS) is 19.1. The quantitative estimate of drug-likeness (QED) is 0.895. The molecule has 0 saturated carbocycles. The van der Waals surface area contributed by atoms with Gasteiger partial charge in [0.25, 0.3) is 0 Å². The van der Waals surface area contributed by atoms with Crippen LogP contribution in [0.2, 0.25) is 0 Å². The minimum absolute atomic E-state index is 0.160. The summed E-state index contributed by atoms with van der Waals surface area (Å²) in [6.45, 7) is 3.56. The number of nitrogens with zero attached hydrogens (tertiary/aromatic N) is 1. The van der Waals surface area contributed by atoms with Gasteiger partial charge in [-0.2, -0.15) is 0 Å². The summed E-state index contributed by atoms with van der Waals surface area (Å²) in [5.74, 6) is 0.160. The van der Waals surface area contributed by atoms with Gasteiger partial charge in [0.15, 0.2) is 0 Å². The van der Waals surface area contributed by atoms with Gasteiger partial charge in [-0.25, -0.2) is 0 Å². The van der Waals surface area contributed by atoms with Gasteiger partial charge in [-0.05, 0) is 31.0 Å². The van der Waals surface area contributed by atoms with Crippen molar-refractivity contribution in [3.8, 4) is 0 Å². The molecular formula is C16H19N3O. The molecule has 0 bridgehead atoms. The Morgan fingerprint density at radius 1 is 1.40 bits per heavy atom. The van der Waals surface area contributed by atoms with Crippen molar-refractivity contribution in [2.75, 3.05) is 6.54 Å². The number of aromatic nitrogens is 1.